The first kappa shape index (κ1) is 15.9. The maximum absolute atomic E-state index is 5.77. The minimum atomic E-state index is 0.190. The molecule has 0 saturated carbocycles. The van der Waals surface area contributed by atoms with E-state index in [9.17, 15) is 0 Å². The second-order valence-electron chi connectivity index (χ2n) is 5.42. The molecule has 0 radical (unpaired) electrons. The van der Waals surface area contributed by atoms with Gasteiger partial charge in [0, 0.05) is 30.1 Å². The summed E-state index contributed by atoms with van der Waals surface area (Å²) in [4.78, 5) is 4.77. The second-order valence-corrected chi connectivity index (χ2v) is 5.42. The molecule has 2 rings (SSSR count). The molecule has 2 unspecified atom stereocenters. The number of para-hydroxylation sites is 1. The third kappa shape index (κ3) is 4.51. The van der Waals surface area contributed by atoms with Gasteiger partial charge in [-0.1, -0.05) is 31.2 Å². The zero-order chi connectivity index (χ0) is 15.1. The van der Waals surface area contributed by atoms with Gasteiger partial charge in [0.1, 0.15) is 0 Å². The number of aromatic nitrogens is 1. The minimum Gasteiger partial charge on any atom is -0.377 e. The molecule has 0 spiro atoms. The lowest BCUT2D eigenvalue weighted by Crippen LogP contribution is -2.42. The van der Waals surface area contributed by atoms with Crippen molar-refractivity contribution < 1.29 is 4.74 Å². The Morgan fingerprint density at radius 2 is 1.95 bits per heavy atom. The highest BCUT2D eigenvalue weighted by atomic mass is 16.5. The number of nitrogens with zero attached hydrogens (tertiary/aromatic N) is 1. The third-order valence-corrected chi connectivity index (χ3v) is 3.74. The van der Waals surface area contributed by atoms with Crippen LogP contribution >= 0.6 is 0 Å². The molecule has 0 bridgehead atoms. The normalized spacial score (nSPS) is 14.2. The summed E-state index contributed by atoms with van der Waals surface area (Å²) in [6.07, 6.45) is 2.21. The molecule has 0 aliphatic rings. The summed E-state index contributed by atoms with van der Waals surface area (Å²) in [5, 5.41) is 4.78. The summed E-state index contributed by atoms with van der Waals surface area (Å²) in [5.74, 6) is 0. The van der Waals surface area contributed by atoms with Gasteiger partial charge in [0.2, 0.25) is 0 Å². The van der Waals surface area contributed by atoms with Crippen molar-refractivity contribution in [3.63, 3.8) is 0 Å². The van der Waals surface area contributed by atoms with Gasteiger partial charge in [0.25, 0.3) is 0 Å². The van der Waals surface area contributed by atoms with E-state index in [2.05, 4.69) is 43.4 Å². The molecule has 0 saturated heterocycles. The number of fused-ring (bicyclic) bond motifs is 1. The average Bonchev–Trinajstić information content (AvgIpc) is 2.51. The number of ether oxygens (including phenoxy) is 1. The van der Waals surface area contributed by atoms with E-state index in [1.807, 2.05) is 19.1 Å². The molecule has 1 aromatic carbocycles. The van der Waals surface area contributed by atoms with Crippen molar-refractivity contribution in [1.82, 2.24) is 10.3 Å². The largest absolute Gasteiger partial charge is 0.377 e. The van der Waals surface area contributed by atoms with Crippen LogP contribution in [-0.4, -0.2) is 30.3 Å². The van der Waals surface area contributed by atoms with Crippen LogP contribution in [0.25, 0.3) is 10.9 Å². The summed E-state index contributed by atoms with van der Waals surface area (Å²) >= 11 is 0. The minimum absolute atomic E-state index is 0.190. The summed E-state index contributed by atoms with van der Waals surface area (Å²) < 4.78 is 5.77. The monoisotopic (exact) mass is 286 g/mol. The Bertz CT molecular complexity index is 556. The highest BCUT2D eigenvalue weighted by molar-refractivity contribution is 5.78. The van der Waals surface area contributed by atoms with Crippen molar-refractivity contribution in [3.8, 4) is 0 Å². The van der Waals surface area contributed by atoms with E-state index in [1.54, 1.807) is 0 Å². The van der Waals surface area contributed by atoms with Gasteiger partial charge in [0.05, 0.1) is 11.6 Å². The predicted octanol–water partition coefficient (Wildman–Crippen LogP) is 3.57. The summed E-state index contributed by atoms with van der Waals surface area (Å²) in [7, 11) is 0. The smallest absolute Gasteiger partial charge is 0.0705 e. The Labute approximate surface area is 127 Å². The van der Waals surface area contributed by atoms with Gasteiger partial charge in [-0.2, -0.15) is 0 Å². The van der Waals surface area contributed by atoms with Crippen LogP contribution in [0.15, 0.2) is 36.4 Å². The van der Waals surface area contributed by atoms with Crippen LogP contribution in [0.3, 0.4) is 0 Å². The molecule has 3 heteroatoms. The number of hydrogen-bond acceptors (Lipinski definition) is 3. The molecule has 0 amide bonds. The van der Waals surface area contributed by atoms with E-state index in [0.717, 1.165) is 37.2 Å². The first-order valence-electron chi connectivity index (χ1n) is 7.94. The first-order valence-corrected chi connectivity index (χ1v) is 7.94. The molecule has 0 aliphatic carbocycles. The lowest BCUT2D eigenvalue weighted by molar-refractivity contribution is 0.0474. The van der Waals surface area contributed by atoms with Crippen LogP contribution in [0, 0.1) is 0 Å². The molecule has 0 fully saturated rings. The Morgan fingerprint density at radius 3 is 2.71 bits per heavy atom. The molecule has 114 valence electrons. The van der Waals surface area contributed by atoms with Gasteiger partial charge < -0.3 is 10.1 Å². The molecule has 1 N–H and O–H groups in total. The van der Waals surface area contributed by atoms with Gasteiger partial charge >= 0.3 is 0 Å². The Kier molecular flexibility index (Phi) is 6.15. The molecule has 2 aromatic rings. The number of hydrogen-bond donors (Lipinski definition) is 1. The van der Waals surface area contributed by atoms with Gasteiger partial charge in [0.15, 0.2) is 0 Å². The van der Waals surface area contributed by atoms with E-state index in [1.165, 1.54) is 5.39 Å². The van der Waals surface area contributed by atoms with Crippen molar-refractivity contribution in [1.29, 1.82) is 0 Å². The van der Waals surface area contributed by atoms with Crippen LogP contribution in [-0.2, 0) is 11.2 Å². The van der Waals surface area contributed by atoms with Gasteiger partial charge in [-0.05, 0) is 38.9 Å². The van der Waals surface area contributed by atoms with E-state index in [-0.39, 0.29) is 6.10 Å². The van der Waals surface area contributed by atoms with Crippen molar-refractivity contribution in [2.24, 2.45) is 0 Å². The van der Waals surface area contributed by atoms with Crippen LogP contribution in [0.5, 0.6) is 0 Å². The van der Waals surface area contributed by atoms with Crippen LogP contribution in [0.2, 0.25) is 0 Å². The molecular weight excluding hydrogens is 260 g/mol. The summed E-state index contributed by atoms with van der Waals surface area (Å²) in [6.45, 7) is 8.12. The highest BCUT2D eigenvalue weighted by Crippen LogP contribution is 2.14. The van der Waals surface area contributed by atoms with Gasteiger partial charge in [-0.25, -0.2) is 0 Å². The van der Waals surface area contributed by atoms with E-state index in [0.29, 0.717) is 6.04 Å². The fraction of sp³-hybridized carbons (Fsp3) is 0.500. The summed E-state index contributed by atoms with van der Waals surface area (Å²) in [5.41, 5.74) is 2.18. The van der Waals surface area contributed by atoms with Crippen molar-refractivity contribution in [3.05, 3.63) is 42.1 Å². The predicted molar refractivity (Wildman–Crippen MR) is 88.6 cm³/mol. The first-order chi connectivity index (χ1) is 10.2. The van der Waals surface area contributed by atoms with Gasteiger partial charge in [-0.3, -0.25) is 4.98 Å². The fourth-order valence-corrected chi connectivity index (χ4v) is 2.56. The lowest BCUT2D eigenvalue weighted by Gasteiger charge is -2.25. The molecule has 3 nitrogen and oxygen atoms in total. The van der Waals surface area contributed by atoms with E-state index >= 15 is 0 Å². The molecule has 1 heterocycles. The number of rotatable bonds is 8. The van der Waals surface area contributed by atoms with Crippen molar-refractivity contribution in [2.75, 3.05) is 13.2 Å². The Morgan fingerprint density at radius 1 is 1.14 bits per heavy atom. The number of nitrogens with one attached hydrogen (secondary N) is 1. The molecule has 2 atom stereocenters. The van der Waals surface area contributed by atoms with Gasteiger partial charge in [-0.15, -0.1) is 0 Å². The van der Waals surface area contributed by atoms with Crippen LogP contribution in [0.1, 0.15) is 32.9 Å². The quantitative estimate of drug-likeness (QED) is 0.805. The molecular formula is C18H26N2O. The molecule has 0 aliphatic heterocycles. The molecule has 21 heavy (non-hydrogen) atoms. The topological polar surface area (TPSA) is 34.2 Å². The van der Waals surface area contributed by atoms with Crippen LogP contribution in [0.4, 0.5) is 0 Å². The SMILES string of the molecule is CCCNC(Cc1ccc2ccccc2n1)C(C)OCC. The third-order valence-electron chi connectivity index (χ3n) is 3.74. The van der Waals surface area contributed by atoms with Crippen molar-refractivity contribution >= 4 is 10.9 Å². The number of benzene rings is 1. The zero-order valence-electron chi connectivity index (χ0n) is 13.3. The fourth-order valence-electron chi connectivity index (χ4n) is 2.56. The number of pyridine rings is 1. The van der Waals surface area contributed by atoms with Crippen LogP contribution < -0.4 is 5.32 Å². The lowest BCUT2D eigenvalue weighted by atomic mass is 10.0. The van der Waals surface area contributed by atoms with Crippen molar-refractivity contribution in [2.45, 2.75) is 45.8 Å². The highest BCUT2D eigenvalue weighted by Gasteiger charge is 2.18. The second kappa shape index (κ2) is 8.11. The average molecular weight is 286 g/mol. The maximum atomic E-state index is 5.77. The van der Waals surface area contributed by atoms with E-state index < -0.39 is 0 Å². The standard InChI is InChI=1S/C18H26N2O/c1-4-12-19-18(14(3)21-5-2)13-16-11-10-15-8-6-7-9-17(15)20-16/h6-11,14,18-19H,4-5,12-13H2,1-3H3. The van der Waals surface area contributed by atoms with E-state index in [4.69, 9.17) is 9.72 Å². The Hall–Kier alpha value is -1.45. The maximum Gasteiger partial charge on any atom is 0.0705 e. The summed E-state index contributed by atoms with van der Waals surface area (Å²) in [6, 6.07) is 12.8. The zero-order valence-corrected chi connectivity index (χ0v) is 13.3. The molecule has 1 aromatic heterocycles. The Balaban J connectivity index is 2.12.